The quantitative estimate of drug-likeness (QED) is 0.431. The molecular formula is C7H12O. The Kier molecular flexibility index (Phi) is 5.99. The second-order valence-electron chi connectivity index (χ2n) is 1.53. The molecule has 8 heavy (non-hydrogen) atoms. The summed E-state index contributed by atoms with van der Waals surface area (Å²) in [4.78, 5) is 0. The van der Waals surface area contributed by atoms with Crippen molar-refractivity contribution in [1.82, 2.24) is 0 Å². The number of aliphatic hydroxyl groups is 1. The smallest absolute Gasteiger partial charge is 0.0433 e. The summed E-state index contributed by atoms with van der Waals surface area (Å²) < 4.78 is 0. The highest BCUT2D eigenvalue weighted by Crippen LogP contribution is 1.87. The molecule has 1 N–H and O–H groups in total. The first-order valence-electron chi connectivity index (χ1n) is 2.80. The van der Waals surface area contributed by atoms with E-state index >= 15 is 0 Å². The zero-order valence-electron chi connectivity index (χ0n) is 5.01. The van der Waals surface area contributed by atoms with Crippen LogP contribution in [0.2, 0.25) is 0 Å². The van der Waals surface area contributed by atoms with Gasteiger partial charge in [0.25, 0.3) is 0 Å². The molecule has 1 heteroatoms. The summed E-state index contributed by atoms with van der Waals surface area (Å²) in [6, 6.07) is 0. The first kappa shape index (κ1) is 7.44. The molecule has 1 nitrogen and oxygen atoms in total. The van der Waals surface area contributed by atoms with Crippen molar-refractivity contribution >= 4 is 0 Å². The Morgan fingerprint density at radius 1 is 1.50 bits per heavy atom. The van der Waals surface area contributed by atoms with Gasteiger partial charge in [0.1, 0.15) is 0 Å². The summed E-state index contributed by atoms with van der Waals surface area (Å²) >= 11 is 0. The molecule has 0 radical (unpaired) electrons. The summed E-state index contributed by atoms with van der Waals surface area (Å²) in [5.74, 6) is 0. The maximum atomic E-state index is 8.31. The van der Waals surface area contributed by atoms with Crippen molar-refractivity contribution in [3.05, 3.63) is 24.8 Å². The largest absolute Gasteiger partial charge is 0.396 e. The van der Waals surface area contributed by atoms with Gasteiger partial charge in [-0.25, -0.2) is 0 Å². The molecule has 0 aliphatic heterocycles. The van der Waals surface area contributed by atoms with Crippen molar-refractivity contribution in [2.45, 2.75) is 12.8 Å². The van der Waals surface area contributed by atoms with Crippen molar-refractivity contribution in [2.24, 2.45) is 0 Å². The van der Waals surface area contributed by atoms with Crippen LogP contribution in [0.5, 0.6) is 0 Å². The molecule has 0 fully saturated rings. The Bertz CT molecular complexity index is 74.5. The Morgan fingerprint density at radius 2 is 2.25 bits per heavy atom. The van der Waals surface area contributed by atoms with Crippen molar-refractivity contribution in [1.29, 1.82) is 0 Å². The third-order valence-electron chi connectivity index (χ3n) is 0.801. The van der Waals surface area contributed by atoms with Crippen LogP contribution in [0.25, 0.3) is 0 Å². The van der Waals surface area contributed by atoms with Gasteiger partial charge in [-0.15, -0.1) is 0 Å². The molecule has 0 amide bonds. The summed E-state index contributed by atoms with van der Waals surface area (Å²) in [6.45, 7) is 3.79. The number of unbranched alkanes of at least 4 members (excludes halogenated alkanes) is 1. The number of hydrogen-bond donors (Lipinski definition) is 1. The summed E-state index contributed by atoms with van der Waals surface area (Å²) in [5, 5.41) is 8.31. The minimum absolute atomic E-state index is 0.279. The van der Waals surface area contributed by atoms with Gasteiger partial charge in [0, 0.05) is 6.61 Å². The molecule has 0 saturated heterocycles. The normalized spacial score (nSPS) is 10.1. The molecule has 0 aromatic rings. The zero-order chi connectivity index (χ0) is 6.24. The van der Waals surface area contributed by atoms with E-state index < -0.39 is 0 Å². The van der Waals surface area contributed by atoms with E-state index in [1.165, 1.54) is 0 Å². The molecule has 0 aliphatic rings. The van der Waals surface area contributed by atoms with E-state index in [1.54, 1.807) is 6.08 Å². The van der Waals surface area contributed by atoms with Gasteiger partial charge in [0.15, 0.2) is 0 Å². The standard InChI is InChI=1S/C7H12O/c1-2-3-4-5-6-7-8/h2-4,8H,1,5-7H2/b4-3+. The van der Waals surface area contributed by atoms with Crippen LogP contribution in [0, 0.1) is 0 Å². The predicted octanol–water partition coefficient (Wildman–Crippen LogP) is 1.50. The lowest BCUT2D eigenvalue weighted by Gasteiger charge is -1.84. The fourth-order valence-corrected chi connectivity index (χ4v) is 0.402. The molecule has 0 spiro atoms. The molecule has 46 valence electrons. The number of hydrogen-bond acceptors (Lipinski definition) is 1. The maximum absolute atomic E-state index is 8.31. The van der Waals surface area contributed by atoms with Crippen LogP contribution in [0.1, 0.15) is 12.8 Å². The fraction of sp³-hybridized carbons (Fsp3) is 0.429. The maximum Gasteiger partial charge on any atom is 0.0433 e. The van der Waals surface area contributed by atoms with Crippen LogP contribution in [0.4, 0.5) is 0 Å². The van der Waals surface area contributed by atoms with Gasteiger partial charge in [-0.05, 0) is 12.8 Å². The van der Waals surface area contributed by atoms with E-state index in [-0.39, 0.29) is 6.61 Å². The Balaban J connectivity index is 2.91. The lowest BCUT2D eigenvalue weighted by Crippen LogP contribution is -1.77. The second-order valence-corrected chi connectivity index (χ2v) is 1.53. The molecule has 0 aromatic carbocycles. The SMILES string of the molecule is C=C/C=C/CCCO. The Labute approximate surface area is 50.3 Å². The van der Waals surface area contributed by atoms with Crippen molar-refractivity contribution in [2.75, 3.05) is 6.61 Å². The highest BCUT2D eigenvalue weighted by Gasteiger charge is 1.74. The topological polar surface area (TPSA) is 20.2 Å². The lowest BCUT2D eigenvalue weighted by atomic mass is 10.3. The highest BCUT2D eigenvalue weighted by atomic mass is 16.2. The summed E-state index contributed by atoms with van der Waals surface area (Å²) in [7, 11) is 0. The third kappa shape index (κ3) is 5.44. The number of aliphatic hydroxyl groups excluding tert-OH is 1. The van der Waals surface area contributed by atoms with Crippen LogP contribution in [-0.2, 0) is 0 Å². The predicted molar refractivity (Wildman–Crippen MR) is 35.7 cm³/mol. The van der Waals surface area contributed by atoms with Crippen LogP contribution in [0.3, 0.4) is 0 Å². The first-order valence-corrected chi connectivity index (χ1v) is 2.80. The summed E-state index contributed by atoms with van der Waals surface area (Å²) in [5.41, 5.74) is 0. The minimum atomic E-state index is 0.279. The number of rotatable bonds is 4. The molecule has 0 unspecified atom stereocenters. The summed E-state index contributed by atoms with van der Waals surface area (Å²) in [6.07, 6.45) is 7.41. The second kappa shape index (κ2) is 6.44. The Morgan fingerprint density at radius 3 is 2.75 bits per heavy atom. The average molecular weight is 112 g/mol. The monoisotopic (exact) mass is 112 g/mol. The van der Waals surface area contributed by atoms with E-state index in [4.69, 9.17) is 5.11 Å². The molecule has 0 aromatic heterocycles. The average Bonchev–Trinajstić information content (AvgIpc) is 1.81. The van der Waals surface area contributed by atoms with Gasteiger partial charge >= 0.3 is 0 Å². The third-order valence-corrected chi connectivity index (χ3v) is 0.801. The molecular weight excluding hydrogens is 100 g/mol. The van der Waals surface area contributed by atoms with Gasteiger partial charge < -0.3 is 5.11 Å². The molecule has 0 saturated carbocycles. The van der Waals surface area contributed by atoms with E-state index in [2.05, 4.69) is 6.58 Å². The minimum Gasteiger partial charge on any atom is -0.396 e. The van der Waals surface area contributed by atoms with Crippen molar-refractivity contribution < 1.29 is 5.11 Å². The van der Waals surface area contributed by atoms with E-state index in [1.807, 2.05) is 12.2 Å². The van der Waals surface area contributed by atoms with Gasteiger partial charge in [-0.1, -0.05) is 24.8 Å². The first-order chi connectivity index (χ1) is 3.91. The van der Waals surface area contributed by atoms with Gasteiger partial charge in [0.05, 0.1) is 0 Å². The van der Waals surface area contributed by atoms with Gasteiger partial charge in [-0.2, -0.15) is 0 Å². The van der Waals surface area contributed by atoms with E-state index in [0.29, 0.717) is 0 Å². The molecule has 0 rings (SSSR count). The van der Waals surface area contributed by atoms with Crippen LogP contribution < -0.4 is 0 Å². The van der Waals surface area contributed by atoms with Gasteiger partial charge in [-0.3, -0.25) is 0 Å². The zero-order valence-corrected chi connectivity index (χ0v) is 5.01. The Hall–Kier alpha value is -0.560. The fourth-order valence-electron chi connectivity index (χ4n) is 0.402. The van der Waals surface area contributed by atoms with Crippen LogP contribution in [-0.4, -0.2) is 11.7 Å². The van der Waals surface area contributed by atoms with Crippen molar-refractivity contribution in [3.8, 4) is 0 Å². The van der Waals surface area contributed by atoms with Crippen LogP contribution in [0.15, 0.2) is 24.8 Å². The number of allylic oxidation sites excluding steroid dienone is 3. The molecule has 0 aliphatic carbocycles. The lowest BCUT2D eigenvalue weighted by molar-refractivity contribution is 0.289. The molecule has 0 atom stereocenters. The van der Waals surface area contributed by atoms with E-state index in [0.717, 1.165) is 12.8 Å². The molecule has 0 heterocycles. The molecule has 0 bridgehead atoms. The van der Waals surface area contributed by atoms with E-state index in [9.17, 15) is 0 Å². The van der Waals surface area contributed by atoms with Gasteiger partial charge in [0.2, 0.25) is 0 Å². The highest BCUT2D eigenvalue weighted by molar-refractivity contribution is 4.96. The van der Waals surface area contributed by atoms with Crippen LogP contribution >= 0.6 is 0 Å². The van der Waals surface area contributed by atoms with Crippen molar-refractivity contribution in [3.63, 3.8) is 0 Å².